The van der Waals surface area contributed by atoms with E-state index in [4.69, 9.17) is 21.4 Å². The van der Waals surface area contributed by atoms with Crippen molar-refractivity contribution in [3.63, 3.8) is 0 Å². The zero-order valence-corrected chi connectivity index (χ0v) is 17.2. The van der Waals surface area contributed by atoms with Crippen LogP contribution in [0.5, 0.6) is 5.75 Å². The quantitative estimate of drug-likeness (QED) is 0.715. The van der Waals surface area contributed by atoms with E-state index < -0.39 is 0 Å². The molecule has 1 atom stereocenters. The molecule has 1 unspecified atom stereocenters. The molecule has 5 rings (SSSR count). The Morgan fingerprint density at radius 1 is 1.14 bits per heavy atom. The van der Waals surface area contributed by atoms with E-state index in [0.29, 0.717) is 0 Å². The van der Waals surface area contributed by atoms with Gasteiger partial charge in [0.2, 0.25) is 5.72 Å². The highest BCUT2D eigenvalue weighted by atomic mass is 35.5. The number of rotatable bonds is 2. The molecule has 146 valence electrons. The van der Waals surface area contributed by atoms with Crippen molar-refractivity contribution < 1.29 is 4.74 Å². The summed E-state index contributed by atoms with van der Waals surface area (Å²) in [5, 5.41) is 8.17. The first-order valence-corrected chi connectivity index (χ1v) is 10.6. The van der Waals surface area contributed by atoms with Gasteiger partial charge in [0.25, 0.3) is 0 Å². The van der Waals surface area contributed by atoms with Crippen LogP contribution < -0.4 is 4.74 Å². The van der Waals surface area contributed by atoms with Crippen LogP contribution in [0.25, 0.3) is 0 Å². The Hall–Kier alpha value is -2.04. The zero-order chi connectivity index (χ0) is 19.3. The smallest absolute Gasteiger partial charge is 0.200 e. The molecule has 0 bridgehead atoms. The normalized spacial score (nSPS) is 23.2. The fourth-order valence-corrected chi connectivity index (χ4v) is 4.89. The first kappa shape index (κ1) is 18.0. The van der Waals surface area contributed by atoms with Crippen LogP contribution >= 0.6 is 11.6 Å². The lowest BCUT2D eigenvalue weighted by Crippen LogP contribution is -2.59. The molecule has 4 nitrogen and oxygen atoms in total. The van der Waals surface area contributed by atoms with Gasteiger partial charge in [-0.2, -0.15) is 5.10 Å². The maximum atomic E-state index is 6.70. The van der Waals surface area contributed by atoms with Gasteiger partial charge >= 0.3 is 0 Å². The summed E-state index contributed by atoms with van der Waals surface area (Å²) in [4.78, 5) is 2.49. The lowest BCUT2D eigenvalue weighted by molar-refractivity contribution is -0.149. The van der Waals surface area contributed by atoms with E-state index >= 15 is 0 Å². The van der Waals surface area contributed by atoms with Crippen LogP contribution in [-0.4, -0.2) is 41.0 Å². The minimum absolute atomic E-state index is 0.238. The van der Waals surface area contributed by atoms with Gasteiger partial charge in [-0.05, 0) is 37.2 Å². The highest BCUT2D eigenvalue weighted by Gasteiger charge is 2.51. The third-order valence-electron chi connectivity index (χ3n) is 6.41. The molecule has 1 spiro atoms. The summed E-state index contributed by atoms with van der Waals surface area (Å²) >= 11 is 6.09. The molecule has 0 amide bonds. The average Bonchev–Trinajstić information content (AvgIpc) is 3.17. The second-order valence-electron chi connectivity index (χ2n) is 8.14. The zero-order valence-electron chi connectivity index (χ0n) is 16.5. The van der Waals surface area contributed by atoms with Crippen LogP contribution in [0.3, 0.4) is 0 Å². The van der Waals surface area contributed by atoms with Crippen molar-refractivity contribution in [2.45, 2.75) is 44.9 Å². The number of fused-ring (bicyclic) bond motifs is 4. The highest BCUT2D eigenvalue weighted by Crippen LogP contribution is 2.50. The molecule has 3 heterocycles. The highest BCUT2D eigenvalue weighted by molar-refractivity contribution is 6.30. The first-order valence-electron chi connectivity index (χ1n) is 10.2. The van der Waals surface area contributed by atoms with E-state index in [-0.39, 0.29) is 11.8 Å². The molecular formula is C23H26ClN3O. The Morgan fingerprint density at radius 2 is 1.89 bits per heavy atom. The number of hydrazone groups is 1. The molecule has 28 heavy (non-hydrogen) atoms. The fraction of sp³-hybridized carbons (Fsp3) is 0.435. The third kappa shape index (κ3) is 2.90. The number of ether oxygens (including phenoxy) is 1. The Morgan fingerprint density at radius 3 is 2.61 bits per heavy atom. The second kappa shape index (κ2) is 6.78. The molecule has 5 heteroatoms. The summed E-state index contributed by atoms with van der Waals surface area (Å²) in [5.41, 5.74) is 4.45. The minimum Gasteiger partial charge on any atom is -0.466 e. The van der Waals surface area contributed by atoms with Gasteiger partial charge in [0.1, 0.15) is 5.75 Å². The van der Waals surface area contributed by atoms with E-state index in [2.05, 4.69) is 54.1 Å². The number of piperidine rings is 1. The van der Waals surface area contributed by atoms with Crippen molar-refractivity contribution in [1.29, 1.82) is 0 Å². The summed E-state index contributed by atoms with van der Waals surface area (Å²) in [6.07, 6.45) is 2.85. The largest absolute Gasteiger partial charge is 0.466 e. The number of hydrogen-bond donors (Lipinski definition) is 0. The summed E-state index contributed by atoms with van der Waals surface area (Å²) in [6, 6.07) is 14.8. The van der Waals surface area contributed by atoms with Gasteiger partial charge in [-0.15, -0.1) is 0 Å². The molecule has 1 saturated heterocycles. The standard InChI is InChI=1S/C23H26ClN3O/c1-3-26-12-10-23(11-13-26)27-21(19-14-16(2)4-9-22(19)28-23)15-20(25-27)17-5-7-18(24)8-6-17/h4-9,14,21H,3,10-13,15H2,1-2H3. The van der Waals surface area contributed by atoms with E-state index in [1.54, 1.807) is 0 Å². The fourth-order valence-electron chi connectivity index (χ4n) is 4.77. The molecule has 3 aliphatic rings. The molecule has 0 N–H and O–H groups in total. The first-order chi connectivity index (χ1) is 13.6. The van der Waals surface area contributed by atoms with Crippen molar-refractivity contribution in [3.8, 4) is 5.75 Å². The number of nitrogens with zero attached hydrogens (tertiary/aromatic N) is 3. The summed E-state index contributed by atoms with van der Waals surface area (Å²) in [6.45, 7) is 7.56. The predicted molar refractivity (Wildman–Crippen MR) is 113 cm³/mol. The molecule has 0 radical (unpaired) electrons. The van der Waals surface area contributed by atoms with Crippen LogP contribution in [0.4, 0.5) is 0 Å². The van der Waals surface area contributed by atoms with Gasteiger partial charge in [-0.3, -0.25) is 0 Å². The molecule has 2 aromatic carbocycles. The molecule has 0 aliphatic carbocycles. The van der Waals surface area contributed by atoms with Crippen molar-refractivity contribution in [3.05, 3.63) is 64.2 Å². The van der Waals surface area contributed by atoms with Gasteiger partial charge < -0.3 is 9.64 Å². The molecule has 2 aromatic rings. The van der Waals surface area contributed by atoms with Gasteiger partial charge in [-0.1, -0.05) is 48.4 Å². The number of hydrogen-bond acceptors (Lipinski definition) is 4. The summed E-state index contributed by atoms with van der Waals surface area (Å²) < 4.78 is 6.70. The van der Waals surface area contributed by atoms with Crippen LogP contribution in [0, 0.1) is 6.92 Å². The Kier molecular flexibility index (Phi) is 4.37. The van der Waals surface area contributed by atoms with Crippen molar-refractivity contribution in [2.75, 3.05) is 19.6 Å². The maximum absolute atomic E-state index is 6.70. The lowest BCUT2D eigenvalue weighted by Gasteiger charge is -2.51. The SMILES string of the molecule is CCN1CCC2(CC1)Oc1ccc(C)cc1C1CC(c3ccc(Cl)cc3)=NN12. The summed E-state index contributed by atoms with van der Waals surface area (Å²) in [5.74, 6) is 1.03. The molecular weight excluding hydrogens is 370 g/mol. The Bertz CT molecular complexity index is 916. The minimum atomic E-state index is -0.341. The van der Waals surface area contributed by atoms with E-state index in [1.165, 1.54) is 11.1 Å². The maximum Gasteiger partial charge on any atom is 0.200 e. The third-order valence-corrected chi connectivity index (χ3v) is 6.67. The van der Waals surface area contributed by atoms with E-state index in [9.17, 15) is 0 Å². The second-order valence-corrected chi connectivity index (χ2v) is 8.58. The van der Waals surface area contributed by atoms with Crippen LogP contribution in [0.15, 0.2) is 47.6 Å². The molecule has 3 aliphatic heterocycles. The number of benzene rings is 2. The van der Waals surface area contributed by atoms with Gasteiger partial charge in [-0.25, -0.2) is 5.01 Å². The topological polar surface area (TPSA) is 28.1 Å². The van der Waals surface area contributed by atoms with Crippen molar-refractivity contribution in [2.24, 2.45) is 5.10 Å². The average molecular weight is 396 g/mol. The number of aryl methyl sites for hydroxylation is 1. The van der Waals surface area contributed by atoms with Gasteiger partial charge in [0, 0.05) is 42.9 Å². The predicted octanol–water partition coefficient (Wildman–Crippen LogP) is 5.00. The Balaban J connectivity index is 1.56. The van der Waals surface area contributed by atoms with Gasteiger partial charge in [0.05, 0.1) is 11.8 Å². The lowest BCUT2D eigenvalue weighted by atomic mass is 9.90. The van der Waals surface area contributed by atoms with Crippen LogP contribution in [-0.2, 0) is 0 Å². The van der Waals surface area contributed by atoms with Gasteiger partial charge in [0.15, 0.2) is 0 Å². The van der Waals surface area contributed by atoms with Crippen LogP contribution in [0.1, 0.15) is 48.9 Å². The molecule has 0 saturated carbocycles. The molecule has 1 fully saturated rings. The number of halogens is 1. The molecule has 0 aromatic heterocycles. The monoisotopic (exact) mass is 395 g/mol. The van der Waals surface area contributed by atoms with Crippen molar-refractivity contribution >= 4 is 17.3 Å². The van der Waals surface area contributed by atoms with Crippen molar-refractivity contribution in [1.82, 2.24) is 9.91 Å². The van der Waals surface area contributed by atoms with E-state index in [1.807, 2.05) is 12.1 Å². The Labute approximate surface area is 171 Å². The van der Waals surface area contributed by atoms with Crippen LogP contribution in [0.2, 0.25) is 5.02 Å². The van der Waals surface area contributed by atoms with E-state index in [0.717, 1.165) is 60.9 Å². The summed E-state index contributed by atoms with van der Waals surface area (Å²) in [7, 11) is 0. The number of likely N-dealkylation sites (tertiary alicyclic amines) is 1.